The fourth-order valence-corrected chi connectivity index (χ4v) is 4.23. The number of hydrogen-bond donors (Lipinski definition) is 1. The molecule has 0 radical (unpaired) electrons. The van der Waals surface area contributed by atoms with Gasteiger partial charge in [0.25, 0.3) is 0 Å². The molecular formula is C26H27Cl2F2NO5. The number of halogens is 4. The van der Waals surface area contributed by atoms with Crippen molar-refractivity contribution in [1.82, 2.24) is 4.90 Å². The maximum atomic E-state index is 14.8. The Kier molecular flexibility index (Phi) is 9.33. The molecule has 36 heavy (non-hydrogen) atoms. The third kappa shape index (κ3) is 7.18. The van der Waals surface area contributed by atoms with Crippen LogP contribution in [-0.4, -0.2) is 53.5 Å². The van der Waals surface area contributed by atoms with Gasteiger partial charge in [-0.3, -0.25) is 0 Å². The molecule has 1 N–H and O–H groups in total. The van der Waals surface area contributed by atoms with Crippen molar-refractivity contribution < 1.29 is 33.0 Å². The van der Waals surface area contributed by atoms with Gasteiger partial charge in [0.2, 0.25) is 0 Å². The number of carbonyl (C=O) groups is 2. The lowest BCUT2D eigenvalue weighted by atomic mass is 10.0. The highest BCUT2D eigenvalue weighted by molar-refractivity contribution is 6.34. The van der Waals surface area contributed by atoms with Crippen LogP contribution in [0.25, 0.3) is 0 Å². The molecule has 1 amide bonds. The summed E-state index contributed by atoms with van der Waals surface area (Å²) in [7, 11) is 0. The van der Waals surface area contributed by atoms with Crippen molar-refractivity contribution in [1.29, 1.82) is 0 Å². The van der Waals surface area contributed by atoms with Gasteiger partial charge in [0.15, 0.2) is 0 Å². The predicted octanol–water partition coefficient (Wildman–Crippen LogP) is 6.02. The lowest BCUT2D eigenvalue weighted by Gasteiger charge is -2.33. The van der Waals surface area contributed by atoms with Gasteiger partial charge in [-0.05, 0) is 56.2 Å². The first-order chi connectivity index (χ1) is 17.0. The summed E-state index contributed by atoms with van der Waals surface area (Å²) in [6, 6.07) is 9.68. The Morgan fingerprint density at radius 3 is 2.47 bits per heavy atom. The van der Waals surface area contributed by atoms with Crippen molar-refractivity contribution in [2.45, 2.75) is 50.9 Å². The average Bonchev–Trinajstić information content (AvgIpc) is 2.81. The molecule has 1 aliphatic rings. The van der Waals surface area contributed by atoms with E-state index in [4.69, 9.17) is 32.7 Å². The van der Waals surface area contributed by atoms with Gasteiger partial charge < -0.3 is 19.5 Å². The molecule has 1 aliphatic heterocycles. The predicted molar refractivity (Wildman–Crippen MR) is 133 cm³/mol. The molecule has 0 saturated carbocycles. The number of carbonyl (C=O) groups excluding carboxylic acids is 2. The number of benzene rings is 2. The van der Waals surface area contributed by atoms with Gasteiger partial charge in [-0.25, -0.2) is 9.59 Å². The van der Waals surface area contributed by atoms with Crippen LogP contribution in [-0.2, 0) is 21.8 Å². The van der Waals surface area contributed by atoms with Crippen molar-refractivity contribution in [3.8, 4) is 0 Å². The Morgan fingerprint density at radius 2 is 1.86 bits per heavy atom. The Hall–Kier alpha value is -2.68. The highest BCUT2D eigenvalue weighted by atomic mass is 35.5. The number of amides is 1. The Labute approximate surface area is 218 Å². The number of aliphatic hydroxyl groups is 1. The Morgan fingerprint density at radius 1 is 1.22 bits per heavy atom. The van der Waals surface area contributed by atoms with Gasteiger partial charge >= 0.3 is 18.0 Å². The van der Waals surface area contributed by atoms with Crippen LogP contribution < -0.4 is 0 Å². The third-order valence-corrected chi connectivity index (χ3v) is 6.02. The molecule has 2 aromatic carbocycles. The molecule has 6 nitrogen and oxygen atoms in total. The Balaban J connectivity index is 1.67. The lowest BCUT2D eigenvalue weighted by molar-refractivity contribution is -0.0929. The maximum Gasteiger partial charge on any atom is 0.410 e. The molecule has 1 fully saturated rings. The van der Waals surface area contributed by atoms with Crippen LogP contribution in [0.3, 0.4) is 0 Å². The minimum absolute atomic E-state index is 0.0272. The van der Waals surface area contributed by atoms with Crippen LogP contribution in [0.1, 0.15) is 41.8 Å². The number of rotatable bonds is 9. The first-order valence-corrected chi connectivity index (χ1v) is 12.2. The molecular weight excluding hydrogens is 515 g/mol. The Bertz CT molecular complexity index is 1090. The third-order valence-electron chi connectivity index (χ3n) is 5.58. The molecule has 0 unspecified atom stereocenters. The maximum absolute atomic E-state index is 14.8. The van der Waals surface area contributed by atoms with E-state index in [0.29, 0.717) is 18.4 Å². The summed E-state index contributed by atoms with van der Waals surface area (Å²) in [5.41, 5.74) is 0.765. The van der Waals surface area contributed by atoms with Crippen molar-refractivity contribution >= 4 is 35.3 Å². The summed E-state index contributed by atoms with van der Waals surface area (Å²) in [6.45, 7) is 3.91. The lowest BCUT2D eigenvalue weighted by Crippen LogP contribution is -2.45. The van der Waals surface area contributed by atoms with Gasteiger partial charge in [-0.1, -0.05) is 47.5 Å². The van der Waals surface area contributed by atoms with E-state index >= 15 is 0 Å². The monoisotopic (exact) mass is 541 g/mol. The van der Waals surface area contributed by atoms with Gasteiger partial charge in [0.1, 0.15) is 6.10 Å². The molecule has 2 atom stereocenters. The largest absolute Gasteiger partial charge is 0.459 e. The first kappa shape index (κ1) is 27.9. The van der Waals surface area contributed by atoms with Crippen LogP contribution in [0.4, 0.5) is 13.6 Å². The van der Waals surface area contributed by atoms with E-state index in [1.165, 1.54) is 17.0 Å². The molecule has 0 aliphatic carbocycles. The molecule has 1 heterocycles. The van der Waals surface area contributed by atoms with Crippen LogP contribution in [0.5, 0.6) is 0 Å². The SMILES string of the molecule is CC(C)OC(=O)c1ccc(CCN2C(=O)OCC[C@@H]2/C=C/[C@@H](O)C(F)(F)c2cc(Cl)cc(Cl)c2)cc1. The zero-order chi connectivity index (χ0) is 26.5. The molecule has 194 valence electrons. The number of alkyl halides is 2. The van der Waals surface area contributed by atoms with Crippen LogP contribution in [0.15, 0.2) is 54.6 Å². The number of aliphatic hydroxyl groups excluding tert-OH is 1. The summed E-state index contributed by atoms with van der Waals surface area (Å²) >= 11 is 11.7. The number of cyclic esters (lactones) is 1. The van der Waals surface area contributed by atoms with E-state index in [1.54, 1.807) is 38.1 Å². The molecule has 0 aromatic heterocycles. The van der Waals surface area contributed by atoms with Crippen LogP contribution >= 0.6 is 23.2 Å². The summed E-state index contributed by atoms with van der Waals surface area (Å²) in [5, 5.41) is 10.3. The number of hydrogen-bond acceptors (Lipinski definition) is 5. The zero-order valence-corrected chi connectivity index (χ0v) is 21.3. The number of nitrogens with zero attached hydrogens (tertiary/aromatic N) is 1. The highest BCUT2D eigenvalue weighted by Gasteiger charge is 2.40. The molecule has 2 aromatic rings. The van der Waals surface area contributed by atoms with Crippen molar-refractivity contribution in [3.63, 3.8) is 0 Å². The zero-order valence-electron chi connectivity index (χ0n) is 19.8. The summed E-state index contributed by atoms with van der Waals surface area (Å²) in [5.74, 6) is -4.07. The highest BCUT2D eigenvalue weighted by Crippen LogP contribution is 2.36. The quantitative estimate of drug-likeness (QED) is 0.310. The van der Waals surface area contributed by atoms with Crippen LogP contribution in [0, 0.1) is 0 Å². The minimum atomic E-state index is -3.65. The van der Waals surface area contributed by atoms with E-state index in [2.05, 4.69) is 0 Å². The molecule has 1 saturated heterocycles. The second-order valence-corrected chi connectivity index (χ2v) is 9.55. The van der Waals surface area contributed by atoms with Crippen LogP contribution in [0.2, 0.25) is 10.0 Å². The number of ether oxygens (including phenoxy) is 2. The normalized spacial score (nSPS) is 17.4. The van der Waals surface area contributed by atoms with Gasteiger partial charge in [0, 0.05) is 28.6 Å². The fraction of sp³-hybridized carbons (Fsp3) is 0.385. The number of esters is 1. The van der Waals surface area contributed by atoms with Crippen molar-refractivity contribution in [3.05, 3.63) is 81.4 Å². The average molecular weight is 542 g/mol. The molecule has 3 rings (SSSR count). The van der Waals surface area contributed by atoms with E-state index < -0.39 is 35.7 Å². The fourth-order valence-electron chi connectivity index (χ4n) is 3.71. The molecule has 10 heteroatoms. The summed E-state index contributed by atoms with van der Waals surface area (Å²) in [6.07, 6.45) is 0.216. The van der Waals surface area contributed by atoms with Crippen molar-refractivity contribution in [2.24, 2.45) is 0 Å². The van der Waals surface area contributed by atoms with E-state index in [-0.39, 0.29) is 29.3 Å². The molecule has 0 bridgehead atoms. The van der Waals surface area contributed by atoms with Gasteiger partial charge in [-0.15, -0.1) is 0 Å². The summed E-state index contributed by atoms with van der Waals surface area (Å²) < 4.78 is 39.9. The van der Waals surface area contributed by atoms with E-state index in [0.717, 1.165) is 23.8 Å². The molecule has 0 spiro atoms. The van der Waals surface area contributed by atoms with Gasteiger partial charge in [0.05, 0.1) is 24.3 Å². The standard InChI is InChI=1S/C26H27Cl2F2NO5/c1-16(2)36-24(33)18-5-3-17(4-6-18)9-11-31-22(10-12-35-25(31)34)7-8-23(32)26(29,30)19-13-20(27)15-21(28)14-19/h3-8,13-16,22-23,32H,9-12H2,1-2H3/b8-7+/t22-,23+/m0/s1. The van der Waals surface area contributed by atoms with Crippen molar-refractivity contribution in [2.75, 3.05) is 13.2 Å². The summed E-state index contributed by atoms with van der Waals surface area (Å²) in [4.78, 5) is 25.8. The van der Waals surface area contributed by atoms with E-state index in [1.807, 2.05) is 0 Å². The second kappa shape index (κ2) is 12.0. The smallest absolute Gasteiger partial charge is 0.410 e. The van der Waals surface area contributed by atoms with E-state index in [9.17, 15) is 23.5 Å². The minimum Gasteiger partial charge on any atom is -0.459 e. The van der Waals surface area contributed by atoms with Gasteiger partial charge in [-0.2, -0.15) is 8.78 Å². The first-order valence-electron chi connectivity index (χ1n) is 11.4. The topological polar surface area (TPSA) is 76.1 Å². The second-order valence-electron chi connectivity index (χ2n) is 8.68.